The highest BCUT2D eigenvalue weighted by Gasteiger charge is 2.06. The largest absolute Gasteiger partial charge is 0.493 e. The van der Waals surface area contributed by atoms with E-state index in [0.717, 1.165) is 5.56 Å². The lowest BCUT2D eigenvalue weighted by Crippen LogP contribution is -2.13. The number of aliphatic imine (C=N–C) groups is 1. The van der Waals surface area contributed by atoms with Gasteiger partial charge in [-0.3, -0.25) is 10.4 Å². The molecule has 0 aliphatic rings. The van der Waals surface area contributed by atoms with Crippen molar-refractivity contribution in [1.82, 2.24) is 0 Å². The molecule has 0 aliphatic heterocycles. The molecule has 3 N–H and O–H groups in total. The summed E-state index contributed by atoms with van der Waals surface area (Å²) in [6.07, 6.45) is 1.61. The molecule has 86 valence electrons. The summed E-state index contributed by atoms with van der Waals surface area (Å²) in [6.45, 7) is 0.181. The summed E-state index contributed by atoms with van der Waals surface area (Å²) in [5.41, 5.74) is 5.99. The molecule has 0 heterocycles. The van der Waals surface area contributed by atoms with E-state index in [1.165, 1.54) is 0 Å². The van der Waals surface area contributed by atoms with Crippen LogP contribution in [0.25, 0.3) is 0 Å². The molecule has 0 bridgehead atoms. The van der Waals surface area contributed by atoms with E-state index in [4.69, 9.17) is 20.6 Å². The van der Waals surface area contributed by atoms with Crippen molar-refractivity contribution in [2.45, 2.75) is 0 Å². The number of nitrogens with one attached hydrogen (secondary N) is 1. The third-order valence-electron chi connectivity index (χ3n) is 1.93. The number of ether oxygens (including phenoxy) is 2. The molecule has 0 unspecified atom stereocenters. The van der Waals surface area contributed by atoms with Crippen molar-refractivity contribution in [3.63, 3.8) is 0 Å². The second-order valence-electron chi connectivity index (χ2n) is 3.08. The van der Waals surface area contributed by atoms with E-state index >= 15 is 0 Å². The van der Waals surface area contributed by atoms with Crippen LogP contribution in [0.15, 0.2) is 23.2 Å². The van der Waals surface area contributed by atoms with Crippen molar-refractivity contribution >= 4 is 12.1 Å². The fourth-order valence-corrected chi connectivity index (χ4v) is 1.26. The first kappa shape index (κ1) is 12.0. The number of benzene rings is 1. The summed E-state index contributed by atoms with van der Waals surface area (Å²) in [7, 11) is 3.15. The summed E-state index contributed by atoms with van der Waals surface area (Å²) < 4.78 is 10.4. The van der Waals surface area contributed by atoms with E-state index < -0.39 is 0 Å². The molecule has 1 aromatic carbocycles. The third kappa shape index (κ3) is 2.98. The van der Waals surface area contributed by atoms with Crippen LogP contribution in [0.5, 0.6) is 11.5 Å². The smallest absolute Gasteiger partial charge is 0.169 e. The van der Waals surface area contributed by atoms with Crippen LogP contribution < -0.4 is 15.2 Å². The highest BCUT2D eigenvalue weighted by Crippen LogP contribution is 2.29. The van der Waals surface area contributed by atoms with Gasteiger partial charge in [-0.1, -0.05) is 6.07 Å². The van der Waals surface area contributed by atoms with Gasteiger partial charge in [0.15, 0.2) is 11.5 Å². The fourth-order valence-electron chi connectivity index (χ4n) is 1.26. The number of rotatable bonds is 5. The Morgan fingerprint density at radius 2 is 2.19 bits per heavy atom. The van der Waals surface area contributed by atoms with Gasteiger partial charge in [-0.2, -0.15) is 0 Å². The van der Waals surface area contributed by atoms with Gasteiger partial charge >= 0.3 is 0 Å². The second kappa shape index (κ2) is 5.75. The minimum Gasteiger partial charge on any atom is -0.493 e. The number of hydrogen-bond donors (Lipinski definition) is 2. The molecule has 0 radical (unpaired) electrons. The zero-order valence-corrected chi connectivity index (χ0v) is 9.36. The predicted molar refractivity (Wildman–Crippen MR) is 63.9 cm³/mol. The van der Waals surface area contributed by atoms with Crippen LogP contribution in [0.3, 0.4) is 0 Å². The van der Waals surface area contributed by atoms with Crippen molar-refractivity contribution in [1.29, 1.82) is 5.41 Å². The van der Waals surface area contributed by atoms with Crippen LogP contribution in [-0.2, 0) is 0 Å². The number of hydrogen-bond acceptors (Lipinski definition) is 4. The summed E-state index contributed by atoms with van der Waals surface area (Å²) in [4.78, 5) is 4.02. The number of nitrogens with two attached hydrogens (primary N) is 1. The van der Waals surface area contributed by atoms with E-state index in [1.807, 2.05) is 12.1 Å². The summed E-state index contributed by atoms with van der Waals surface area (Å²) in [5, 5.41) is 7.05. The molecular weight excluding hydrogens is 206 g/mol. The molecule has 0 aromatic heterocycles. The average molecular weight is 221 g/mol. The molecule has 0 spiro atoms. The third-order valence-corrected chi connectivity index (χ3v) is 1.93. The highest BCUT2D eigenvalue weighted by molar-refractivity contribution is 5.87. The Kier molecular flexibility index (Phi) is 4.32. The second-order valence-corrected chi connectivity index (χ2v) is 3.08. The lowest BCUT2D eigenvalue weighted by molar-refractivity contribution is 0.354. The summed E-state index contributed by atoms with van der Waals surface area (Å²) in [5.74, 6) is 1.30. The highest BCUT2D eigenvalue weighted by atomic mass is 16.5. The first-order chi connectivity index (χ1) is 7.69. The van der Waals surface area contributed by atoms with Gasteiger partial charge in [0.1, 0.15) is 5.84 Å². The Bertz CT molecular complexity index is 402. The number of amidine groups is 1. The van der Waals surface area contributed by atoms with Gasteiger partial charge in [-0.25, -0.2) is 0 Å². The lowest BCUT2D eigenvalue weighted by atomic mass is 10.2. The SMILES string of the molecule is COc1cccc(C=NCC(=N)N)c1OC. The van der Waals surface area contributed by atoms with Gasteiger partial charge in [0.2, 0.25) is 0 Å². The van der Waals surface area contributed by atoms with Gasteiger partial charge in [-0.15, -0.1) is 0 Å². The number of para-hydroxylation sites is 1. The van der Waals surface area contributed by atoms with Crippen molar-refractivity contribution in [3.8, 4) is 11.5 Å². The van der Waals surface area contributed by atoms with Crippen molar-refractivity contribution in [2.24, 2.45) is 10.7 Å². The fraction of sp³-hybridized carbons (Fsp3) is 0.273. The maximum absolute atomic E-state index is 7.05. The van der Waals surface area contributed by atoms with E-state index in [0.29, 0.717) is 11.5 Å². The normalized spacial score (nSPS) is 10.4. The Balaban J connectivity index is 2.94. The maximum Gasteiger partial charge on any atom is 0.169 e. The Hall–Kier alpha value is -2.04. The molecule has 1 rings (SSSR count). The van der Waals surface area contributed by atoms with Crippen LogP contribution in [-0.4, -0.2) is 32.8 Å². The molecule has 16 heavy (non-hydrogen) atoms. The average Bonchev–Trinajstić information content (AvgIpc) is 2.28. The van der Waals surface area contributed by atoms with Crippen LogP contribution in [0, 0.1) is 5.41 Å². The Morgan fingerprint density at radius 3 is 2.75 bits per heavy atom. The summed E-state index contributed by atoms with van der Waals surface area (Å²) >= 11 is 0. The first-order valence-corrected chi connectivity index (χ1v) is 4.72. The molecule has 0 aliphatic carbocycles. The van der Waals surface area contributed by atoms with Gasteiger partial charge in [0.05, 0.1) is 20.8 Å². The van der Waals surface area contributed by atoms with Crippen LogP contribution in [0.4, 0.5) is 0 Å². The van der Waals surface area contributed by atoms with Crippen LogP contribution in [0.1, 0.15) is 5.56 Å². The lowest BCUT2D eigenvalue weighted by Gasteiger charge is -2.09. The maximum atomic E-state index is 7.05. The molecule has 0 saturated carbocycles. The van der Waals surface area contributed by atoms with Gasteiger partial charge < -0.3 is 15.2 Å². The monoisotopic (exact) mass is 221 g/mol. The molecule has 1 aromatic rings. The topological polar surface area (TPSA) is 80.7 Å². The van der Waals surface area contributed by atoms with Crippen molar-refractivity contribution in [2.75, 3.05) is 20.8 Å². The molecule has 0 atom stereocenters. The van der Waals surface area contributed by atoms with E-state index in [2.05, 4.69) is 4.99 Å². The van der Waals surface area contributed by atoms with Gasteiger partial charge in [0, 0.05) is 11.8 Å². The molecule has 5 heteroatoms. The van der Waals surface area contributed by atoms with E-state index in [9.17, 15) is 0 Å². The van der Waals surface area contributed by atoms with Crippen LogP contribution in [0.2, 0.25) is 0 Å². The number of methoxy groups -OCH3 is 2. The first-order valence-electron chi connectivity index (χ1n) is 4.72. The zero-order valence-electron chi connectivity index (χ0n) is 9.36. The molecule has 0 fully saturated rings. The predicted octanol–water partition coefficient (Wildman–Crippen LogP) is 1.06. The van der Waals surface area contributed by atoms with Crippen molar-refractivity contribution in [3.05, 3.63) is 23.8 Å². The molecule has 0 saturated heterocycles. The molecular formula is C11H15N3O2. The van der Waals surface area contributed by atoms with Gasteiger partial charge in [0.25, 0.3) is 0 Å². The Labute approximate surface area is 94.4 Å². The van der Waals surface area contributed by atoms with E-state index in [-0.39, 0.29) is 12.4 Å². The van der Waals surface area contributed by atoms with Crippen LogP contribution >= 0.6 is 0 Å². The minimum atomic E-state index is 0.0260. The quantitative estimate of drug-likeness (QED) is 0.576. The molecule has 0 amide bonds. The van der Waals surface area contributed by atoms with E-state index in [1.54, 1.807) is 26.5 Å². The standard InChI is InChI=1S/C11H15N3O2/c1-15-9-5-3-4-8(11(9)16-2)6-14-7-10(12)13/h3-6H,7H2,1-2H3,(H3,12,13). The molecule has 5 nitrogen and oxygen atoms in total. The zero-order chi connectivity index (χ0) is 12.0. The van der Waals surface area contributed by atoms with Crippen molar-refractivity contribution < 1.29 is 9.47 Å². The minimum absolute atomic E-state index is 0.0260. The van der Waals surface area contributed by atoms with Gasteiger partial charge in [-0.05, 0) is 12.1 Å². The Morgan fingerprint density at radius 1 is 1.44 bits per heavy atom. The number of nitrogens with zero attached hydrogens (tertiary/aromatic N) is 1. The summed E-state index contributed by atoms with van der Waals surface area (Å²) in [6, 6.07) is 5.50.